The molecule has 1 aromatic heterocycles. The Morgan fingerprint density at radius 3 is 2.89 bits per heavy atom. The Morgan fingerprint density at radius 2 is 2.28 bits per heavy atom. The van der Waals surface area contributed by atoms with Crippen molar-refractivity contribution in [2.24, 2.45) is 17.1 Å². The third-order valence-electron chi connectivity index (χ3n) is 4.47. The first-order valence-corrected chi connectivity index (χ1v) is 7.32. The largest absolute Gasteiger partial charge is 0.322 e. The second kappa shape index (κ2) is 5.22. The van der Waals surface area contributed by atoms with Crippen LogP contribution in [-0.2, 0) is 6.54 Å². The van der Waals surface area contributed by atoms with Gasteiger partial charge in [-0.25, -0.2) is 0 Å². The van der Waals surface area contributed by atoms with Gasteiger partial charge in [0, 0.05) is 6.54 Å². The molecule has 2 rings (SSSR count). The number of hydrogen-bond acceptors (Lipinski definition) is 2. The summed E-state index contributed by atoms with van der Waals surface area (Å²) < 4.78 is 1.94. The summed E-state index contributed by atoms with van der Waals surface area (Å²) in [4.78, 5) is 0. The summed E-state index contributed by atoms with van der Waals surface area (Å²) in [5.74, 6) is 0.491. The van der Waals surface area contributed by atoms with Gasteiger partial charge < -0.3 is 5.73 Å². The average Bonchev–Trinajstić information content (AvgIpc) is 2.69. The zero-order valence-electron chi connectivity index (χ0n) is 11.6. The molecule has 0 amide bonds. The zero-order valence-corrected chi connectivity index (χ0v) is 12.4. The van der Waals surface area contributed by atoms with E-state index in [4.69, 9.17) is 17.3 Å². The number of nitrogens with zero attached hydrogens (tertiary/aromatic N) is 2. The molecule has 0 saturated heterocycles. The lowest BCUT2D eigenvalue weighted by molar-refractivity contribution is 0.109. The molecule has 1 heterocycles. The summed E-state index contributed by atoms with van der Waals surface area (Å²) in [6.07, 6.45) is 6.76. The summed E-state index contributed by atoms with van der Waals surface area (Å²) in [5, 5.41) is 5.02. The second-order valence-corrected chi connectivity index (χ2v) is 6.47. The van der Waals surface area contributed by atoms with Gasteiger partial charge in [0.05, 0.1) is 23.0 Å². The molecule has 2 atom stereocenters. The minimum absolute atomic E-state index is 0.00440. The molecule has 0 bridgehead atoms. The van der Waals surface area contributed by atoms with Crippen molar-refractivity contribution in [2.75, 3.05) is 0 Å². The molecule has 3 nitrogen and oxygen atoms in total. The van der Waals surface area contributed by atoms with E-state index in [2.05, 4.69) is 25.9 Å². The van der Waals surface area contributed by atoms with E-state index < -0.39 is 0 Å². The normalized spacial score (nSPS) is 25.1. The first kappa shape index (κ1) is 13.9. The third-order valence-corrected chi connectivity index (χ3v) is 4.76. The van der Waals surface area contributed by atoms with Gasteiger partial charge in [0.1, 0.15) is 0 Å². The Kier molecular flexibility index (Phi) is 4.02. The van der Waals surface area contributed by atoms with Gasteiger partial charge in [0.2, 0.25) is 0 Å². The van der Waals surface area contributed by atoms with Crippen molar-refractivity contribution in [3.05, 3.63) is 16.9 Å². The highest BCUT2D eigenvalue weighted by Gasteiger charge is 2.38. The summed E-state index contributed by atoms with van der Waals surface area (Å²) in [6.45, 7) is 7.56. The first-order chi connectivity index (χ1) is 8.47. The van der Waals surface area contributed by atoms with Crippen LogP contribution in [0.25, 0.3) is 0 Å². The van der Waals surface area contributed by atoms with Crippen molar-refractivity contribution in [1.82, 2.24) is 9.78 Å². The van der Waals surface area contributed by atoms with Crippen LogP contribution in [-0.4, -0.2) is 9.78 Å². The molecule has 0 aromatic carbocycles. The maximum absolute atomic E-state index is 6.52. The number of rotatable bonds is 3. The minimum Gasteiger partial charge on any atom is -0.322 e. The number of aromatic nitrogens is 2. The van der Waals surface area contributed by atoms with E-state index in [9.17, 15) is 0 Å². The fourth-order valence-corrected chi connectivity index (χ4v) is 3.60. The maximum Gasteiger partial charge on any atom is 0.0834 e. The van der Waals surface area contributed by atoms with E-state index >= 15 is 0 Å². The molecule has 1 aromatic rings. The van der Waals surface area contributed by atoms with Crippen LogP contribution in [0.2, 0.25) is 5.02 Å². The molecule has 2 N–H and O–H groups in total. The van der Waals surface area contributed by atoms with Gasteiger partial charge in [0.15, 0.2) is 0 Å². The van der Waals surface area contributed by atoms with Gasteiger partial charge in [-0.3, -0.25) is 4.68 Å². The van der Waals surface area contributed by atoms with Crippen LogP contribution in [0.5, 0.6) is 0 Å². The van der Waals surface area contributed by atoms with E-state index in [1.807, 2.05) is 4.68 Å². The van der Waals surface area contributed by atoms with E-state index in [0.717, 1.165) is 12.2 Å². The Bertz CT molecular complexity index is 411. The molecule has 4 heteroatoms. The quantitative estimate of drug-likeness (QED) is 0.908. The van der Waals surface area contributed by atoms with Crippen molar-refractivity contribution in [3.63, 3.8) is 0 Å². The van der Waals surface area contributed by atoms with Gasteiger partial charge in [0.25, 0.3) is 0 Å². The van der Waals surface area contributed by atoms with Crippen LogP contribution in [0, 0.1) is 11.3 Å². The average molecular weight is 270 g/mol. The molecule has 2 unspecified atom stereocenters. The molecule has 1 aliphatic rings. The van der Waals surface area contributed by atoms with Gasteiger partial charge >= 0.3 is 0 Å². The molecule has 18 heavy (non-hydrogen) atoms. The molecule has 0 radical (unpaired) electrons. The monoisotopic (exact) mass is 269 g/mol. The highest BCUT2D eigenvalue weighted by atomic mass is 35.5. The van der Waals surface area contributed by atoms with Crippen molar-refractivity contribution in [3.8, 4) is 0 Å². The topological polar surface area (TPSA) is 43.8 Å². The van der Waals surface area contributed by atoms with E-state index in [1.165, 1.54) is 25.7 Å². The predicted molar refractivity (Wildman–Crippen MR) is 75.6 cm³/mol. The van der Waals surface area contributed by atoms with Crippen molar-refractivity contribution in [1.29, 1.82) is 0 Å². The molecule has 102 valence electrons. The molecular weight excluding hydrogens is 246 g/mol. The van der Waals surface area contributed by atoms with E-state index in [-0.39, 0.29) is 6.04 Å². The van der Waals surface area contributed by atoms with E-state index in [1.54, 1.807) is 6.20 Å². The van der Waals surface area contributed by atoms with Gasteiger partial charge in [-0.2, -0.15) is 5.10 Å². The number of nitrogens with two attached hydrogens (primary N) is 1. The summed E-state index contributed by atoms with van der Waals surface area (Å²) in [7, 11) is 0. The van der Waals surface area contributed by atoms with E-state index in [0.29, 0.717) is 16.4 Å². The summed E-state index contributed by atoms with van der Waals surface area (Å²) >= 11 is 6.27. The third kappa shape index (κ3) is 2.43. The number of aryl methyl sites for hydroxylation is 1. The lowest BCUT2D eigenvalue weighted by atomic mass is 9.65. The zero-order chi connectivity index (χ0) is 13.3. The Morgan fingerprint density at radius 1 is 1.56 bits per heavy atom. The van der Waals surface area contributed by atoms with Gasteiger partial charge in [-0.05, 0) is 31.1 Å². The lowest BCUT2D eigenvalue weighted by Crippen LogP contribution is -2.37. The smallest absolute Gasteiger partial charge is 0.0834 e. The summed E-state index contributed by atoms with van der Waals surface area (Å²) in [5.41, 5.74) is 7.83. The molecule has 0 spiro atoms. The summed E-state index contributed by atoms with van der Waals surface area (Å²) in [6, 6.07) is -0.00440. The molecule has 1 saturated carbocycles. The van der Waals surface area contributed by atoms with Gasteiger partial charge in [-0.15, -0.1) is 0 Å². The van der Waals surface area contributed by atoms with Gasteiger partial charge in [-0.1, -0.05) is 38.3 Å². The Balaban J connectivity index is 2.29. The highest BCUT2D eigenvalue weighted by Crippen LogP contribution is 2.46. The Hall–Kier alpha value is -0.540. The second-order valence-electron chi connectivity index (χ2n) is 6.06. The SMILES string of the molecule is CCn1ncc(Cl)c1C(N)C1CCCCC1(C)C. The minimum atomic E-state index is -0.00440. The number of halogens is 1. The Labute approximate surface area is 115 Å². The highest BCUT2D eigenvalue weighted by molar-refractivity contribution is 6.31. The van der Waals surface area contributed by atoms with Crippen molar-refractivity contribution >= 4 is 11.6 Å². The maximum atomic E-state index is 6.52. The van der Waals surface area contributed by atoms with Crippen LogP contribution in [0.1, 0.15) is 58.2 Å². The number of hydrogen-bond donors (Lipinski definition) is 1. The molecular formula is C14H24ClN3. The standard InChI is InChI=1S/C14H24ClN3/c1-4-18-13(11(15)9-17-18)12(16)10-7-5-6-8-14(10,2)3/h9-10,12H,4-8,16H2,1-3H3. The molecule has 1 aliphatic carbocycles. The molecule has 0 aliphatic heterocycles. The molecule has 1 fully saturated rings. The van der Waals surface area contributed by atoms with Crippen LogP contribution in [0.15, 0.2) is 6.20 Å². The van der Waals surface area contributed by atoms with Crippen LogP contribution >= 0.6 is 11.6 Å². The fourth-order valence-electron chi connectivity index (χ4n) is 3.33. The lowest BCUT2D eigenvalue weighted by Gasteiger charge is -2.42. The van der Waals surface area contributed by atoms with Crippen LogP contribution in [0.4, 0.5) is 0 Å². The predicted octanol–water partition coefficient (Wildman–Crippen LogP) is 3.77. The van der Waals surface area contributed by atoms with Crippen molar-refractivity contribution < 1.29 is 0 Å². The first-order valence-electron chi connectivity index (χ1n) is 6.94. The van der Waals surface area contributed by atoms with Crippen molar-refractivity contribution in [2.45, 2.75) is 59.0 Å². The van der Waals surface area contributed by atoms with Crippen LogP contribution in [0.3, 0.4) is 0 Å². The fraction of sp³-hybridized carbons (Fsp3) is 0.786. The van der Waals surface area contributed by atoms with Crippen LogP contribution < -0.4 is 5.73 Å².